The molecular formula is C25H25ClN6O4. The molecule has 1 N–H and O–H groups in total. The first-order chi connectivity index (χ1) is 17.5. The van der Waals surface area contributed by atoms with Gasteiger partial charge in [0.15, 0.2) is 22.7 Å². The van der Waals surface area contributed by atoms with E-state index in [9.17, 15) is 9.59 Å². The Bertz CT molecular complexity index is 1480. The molecule has 0 saturated carbocycles. The highest BCUT2D eigenvalue weighted by molar-refractivity contribution is 6.30. The summed E-state index contributed by atoms with van der Waals surface area (Å²) in [5, 5.41) is 8.77. The first kappa shape index (κ1) is 23.8. The van der Waals surface area contributed by atoms with Crippen molar-refractivity contribution in [1.82, 2.24) is 29.9 Å². The lowest BCUT2D eigenvalue weighted by Crippen LogP contribution is -2.40. The van der Waals surface area contributed by atoms with Gasteiger partial charge in [-0.15, -0.1) is 5.10 Å². The average molecular weight is 509 g/mol. The van der Waals surface area contributed by atoms with Crippen LogP contribution in [0.2, 0.25) is 5.02 Å². The van der Waals surface area contributed by atoms with Crippen molar-refractivity contribution < 1.29 is 14.3 Å². The maximum Gasteiger partial charge on any atom is 0.281 e. The van der Waals surface area contributed by atoms with Crippen molar-refractivity contribution in [1.29, 1.82) is 0 Å². The molecule has 3 heterocycles. The van der Waals surface area contributed by atoms with Crippen molar-refractivity contribution >= 4 is 28.7 Å². The van der Waals surface area contributed by atoms with Crippen LogP contribution in [0.1, 0.15) is 40.5 Å². The molecule has 10 nitrogen and oxygen atoms in total. The van der Waals surface area contributed by atoms with E-state index < -0.39 is 0 Å². The fourth-order valence-electron chi connectivity index (χ4n) is 4.53. The molecule has 11 heteroatoms. The molecule has 1 fully saturated rings. The van der Waals surface area contributed by atoms with Crippen LogP contribution in [-0.4, -0.2) is 63.1 Å². The number of likely N-dealkylation sites (tertiary alicyclic amines) is 1. The second-order valence-electron chi connectivity index (χ2n) is 8.66. The number of methoxy groups -OCH3 is 2. The monoisotopic (exact) mass is 508 g/mol. The number of amides is 1. The first-order valence-electron chi connectivity index (χ1n) is 11.6. The first-order valence-corrected chi connectivity index (χ1v) is 11.9. The Balaban J connectivity index is 1.41. The summed E-state index contributed by atoms with van der Waals surface area (Å²) >= 11 is 6.11. The van der Waals surface area contributed by atoms with Gasteiger partial charge in [-0.1, -0.05) is 28.9 Å². The third-order valence-corrected chi connectivity index (χ3v) is 6.57. The van der Waals surface area contributed by atoms with E-state index in [1.807, 2.05) is 18.2 Å². The number of ether oxygens (including phenoxy) is 2. The lowest BCUT2D eigenvalue weighted by atomic mass is 9.96. The predicted molar refractivity (Wildman–Crippen MR) is 134 cm³/mol. The van der Waals surface area contributed by atoms with Crippen LogP contribution in [0.4, 0.5) is 0 Å². The normalized spacial score (nSPS) is 15.8. The Morgan fingerprint density at radius 2 is 2.00 bits per heavy atom. The molecule has 0 unspecified atom stereocenters. The van der Waals surface area contributed by atoms with Crippen molar-refractivity contribution in [3.8, 4) is 11.5 Å². The van der Waals surface area contributed by atoms with E-state index in [1.165, 1.54) is 7.11 Å². The van der Waals surface area contributed by atoms with E-state index in [2.05, 4.69) is 15.3 Å². The number of H-pyrrole nitrogens is 1. The summed E-state index contributed by atoms with van der Waals surface area (Å²) < 4.78 is 12.2. The summed E-state index contributed by atoms with van der Waals surface area (Å²) in [7, 11) is 3.09. The molecule has 186 valence electrons. The van der Waals surface area contributed by atoms with Crippen LogP contribution in [0, 0.1) is 0 Å². The highest BCUT2D eigenvalue weighted by atomic mass is 35.5. The number of carbonyl (C=O) groups excluding carboxylic acids is 1. The zero-order valence-corrected chi connectivity index (χ0v) is 20.7. The van der Waals surface area contributed by atoms with Gasteiger partial charge < -0.3 is 19.4 Å². The SMILES string of the molecule is COc1ccc(C(=O)N2CCC[C@H](c3nc4c(nnn4Cc4cccc(Cl)c4)c(=O)[nH]3)C2)cc1OC. The number of rotatable bonds is 6. The van der Waals surface area contributed by atoms with Crippen LogP contribution < -0.4 is 15.0 Å². The van der Waals surface area contributed by atoms with Crippen molar-refractivity contribution in [2.75, 3.05) is 27.3 Å². The molecule has 4 aromatic rings. The van der Waals surface area contributed by atoms with Crippen molar-refractivity contribution in [3.05, 3.63) is 74.8 Å². The minimum absolute atomic E-state index is 0.114. The van der Waals surface area contributed by atoms with Gasteiger partial charge in [0.05, 0.1) is 20.8 Å². The number of benzene rings is 2. The van der Waals surface area contributed by atoms with E-state index in [1.54, 1.807) is 41.0 Å². The maximum absolute atomic E-state index is 13.3. The molecule has 1 aliphatic rings. The largest absolute Gasteiger partial charge is 0.493 e. The van der Waals surface area contributed by atoms with Gasteiger partial charge in [0.25, 0.3) is 11.5 Å². The summed E-state index contributed by atoms with van der Waals surface area (Å²) in [6.07, 6.45) is 1.57. The second kappa shape index (κ2) is 9.98. The Hall–Kier alpha value is -3.92. The average Bonchev–Trinajstić information content (AvgIpc) is 3.31. The number of aromatic nitrogens is 5. The third-order valence-electron chi connectivity index (χ3n) is 6.34. The zero-order chi connectivity index (χ0) is 25.2. The lowest BCUT2D eigenvalue weighted by molar-refractivity contribution is 0.0704. The molecule has 0 bridgehead atoms. The number of hydrogen-bond donors (Lipinski definition) is 1. The molecular weight excluding hydrogens is 484 g/mol. The fraction of sp³-hybridized carbons (Fsp3) is 0.320. The lowest BCUT2D eigenvalue weighted by Gasteiger charge is -2.32. The maximum atomic E-state index is 13.3. The highest BCUT2D eigenvalue weighted by Gasteiger charge is 2.28. The molecule has 36 heavy (non-hydrogen) atoms. The molecule has 1 amide bonds. The fourth-order valence-corrected chi connectivity index (χ4v) is 4.74. The Labute approximate surface area is 211 Å². The smallest absolute Gasteiger partial charge is 0.281 e. The molecule has 2 aromatic heterocycles. The van der Waals surface area contributed by atoms with Gasteiger partial charge in [-0.05, 0) is 48.7 Å². The van der Waals surface area contributed by atoms with Crippen LogP contribution in [0.5, 0.6) is 11.5 Å². The summed E-state index contributed by atoms with van der Waals surface area (Å²) in [4.78, 5) is 35.4. The van der Waals surface area contributed by atoms with E-state index >= 15 is 0 Å². The number of nitrogens with zero attached hydrogens (tertiary/aromatic N) is 5. The summed E-state index contributed by atoms with van der Waals surface area (Å²) in [6, 6.07) is 12.5. The minimum atomic E-state index is -0.351. The third kappa shape index (κ3) is 4.64. The van der Waals surface area contributed by atoms with Gasteiger partial charge in [0, 0.05) is 29.6 Å². The number of fused-ring (bicyclic) bond motifs is 1. The Morgan fingerprint density at radius 3 is 2.78 bits per heavy atom. The van der Waals surface area contributed by atoms with E-state index in [0.717, 1.165) is 18.4 Å². The van der Waals surface area contributed by atoms with Crippen LogP contribution in [0.25, 0.3) is 11.2 Å². The molecule has 5 rings (SSSR count). The van der Waals surface area contributed by atoms with Gasteiger partial charge in [0.2, 0.25) is 0 Å². The molecule has 2 aromatic carbocycles. The molecule has 1 aliphatic heterocycles. The number of nitrogens with one attached hydrogen (secondary N) is 1. The zero-order valence-electron chi connectivity index (χ0n) is 19.9. The Morgan fingerprint density at radius 1 is 1.17 bits per heavy atom. The molecule has 1 saturated heterocycles. The number of hydrogen-bond acceptors (Lipinski definition) is 7. The standard InChI is InChI=1S/C25H25ClN6O4/c1-35-19-9-8-16(12-20(19)36-2)25(34)31-10-4-6-17(14-31)22-27-23-21(24(33)28-22)29-30-32(23)13-15-5-3-7-18(26)11-15/h3,5,7-9,11-12,17H,4,6,10,13-14H2,1-2H3,(H,27,28,33)/t17-/m0/s1. The van der Waals surface area contributed by atoms with Gasteiger partial charge >= 0.3 is 0 Å². The van der Waals surface area contributed by atoms with E-state index in [0.29, 0.717) is 53.2 Å². The van der Waals surface area contributed by atoms with Crippen LogP contribution in [0.3, 0.4) is 0 Å². The van der Waals surface area contributed by atoms with E-state index in [4.69, 9.17) is 26.1 Å². The topological polar surface area (TPSA) is 115 Å². The van der Waals surface area contributed by atoms with Gasteiger partial charge in [-0.3, -0.25) is 9.59 Å². The number of halogens is 1. The minimum Gasteiger partial charge on any atom is -0.493 e. The molecule has 0 radical (unpaired) electrons. The number of aromatic amines is 1. The van der Waals surface area contributed by atoms with Crippen LogP contribution in [0.15, 0.2) is 47.3 Å². The molecule has 0 aliphatic carbocycles. The van der Waals surface area contributed by atoms with Crippen LogP contribution in [-0.2, 0) is 6.54 Å². The van der Waals surface area contributed by atoms with Gasteiger partial charge in [0.1, 0.15) is 5.82 Å². The van der Waals surface area contributed by atoms with E-state index in [-0.39, 0.29) is 22.9 Å². The quantitative estimate of drug-likeness (QED) is 0.425. The van der Waals surface area contributed by atoms with Crippen molar-refractivity contribution in [3.63, 3.8) is 0 Å². The van der Waals surface area contributed by atoms with Crippen molar-refractivity contribution in [2.24, 2.45) is 0 Å². The van der Waals surface area contributed by atoms with Gasteiger partial charge in [-0.25, -0.2) is 9.67 Å². The van der Waals surface area contributed by atoms with Crippen LogP contribution >= 0.6 is 11.6 Å². The molecule has 1 atom stereocenters. The number of piperidine rings is 1. The Kier molecular flexibility index (Phi) is 6.60. The second-order valence-corrected chi connectivity index (χ2v) is 9.10. The van der Waals surface area contributed by atoms with Gasteiger partial charge in [-0.2, -0.15) is 0 Å². The highest BCUT2D eigenvalue weighted by Crippen LogP contribution is 2.30. The number of carbonyl (C=O) groups is 1. The predicted octanol–water partition coefficient (Wildman–Crippen LogP) is 3.25. The summed E-state index contributed by atoms with van der Waals surface area (Å²) in [5.74, 6) is 1.33. The summed E-state index contributed by atoms with van der Waals surface area (Å²) in [6.45, 7) is 1.42. The van der Waals surface area contributed by atoms with Crippen molar-refractivity contribution in [2.45, 2.75) is 25.3 Å². The summed E-state index contributed by atoms with van der Waals surface area (Å²) in [5.41, 5.74) is 1.65. The molecule has 0 spiro atoms.